The summed E-state index contributed by atoms with van der Waals surface area (Å²) in [7, 11) is 1.89. The highest BCUT2D eigenvalue weighted by Gasteiger charge is 2.39. The van der Waals surface area contributed by atoms with Crippen LogP contribution < -0.4 is 0 Å². The molecule has 2 aliphatic heterocycles. The summed E-state index contributed by atoms with van der Waals surface area (Å²) < 4.78 is 1.77. The maximum absolute atomic E-state index is 13.3. The molecule has 2 aromatic heterocycles. The van der Waals surface area contributed by atoms with E-state index in [2.05, 4.69) is 38.9 Å². The number of aromatic nitrogens is 3. The number of hydrogen-bond donors (Lipinski definition) is 0. The monoisotopic (exact) mass is 381 g/mol. The van der Waals surface area contributed by atoms with Crippen molar-refractivity contribution in [2.75, 3.05) is 19.6 Å². The number of pyridine rings is 1. The summed E-state index contributed by atoms with van der Waals surface area (Å²) in [5, 5.41) is 4.53. The molecule has 0 aromatic carbocycles. The largest absolute Gasteiger partial charge is 0.334 e. The third-order valence-electron chi connectivity index (χ3n) is 6.18. The van der Waals surface area contributed by atoms with Gasteiger partial charge in [-0.25, -0.2) is 0 Å². The van der Waals surface area contributed by atoms with E-state index in [1.807, 2.05) is 25.4 Å². The van der Waals surface area contributed by atoms with E-state index in [4.69, 9.17) is 0 Å². The molecule has 4 rings (SSSR count). The van der Waals surface area contributed by atoms with Crippen LogP contribution in [-0.2, 0) is 20.0 Å². The first kappa shape index (κ1) is 19.1. The number of rotatable bonds is 5. The van der Waals surface area contributed by atoms with Gasteiger partial charge in [0, 0.05) is 45.5 Å². The fourth-order valence-corrected chi connectivity index (χ4v) is 4.85. The number of hydrogen-bond acceptors (Lipinski definition) is 4. The van der Waals surface area contributed by atoms with Crippen molar-refractivity contribution in [3.8, 4) is 0 Å². The molecule has 1 amide bonds. The summed E-state index contributed by atoms with van der Waals surface area (Å²) in [5.74, 6) is 0.712. The number of carbonyl (C=O) groups excluding carboxylic acids is 1. The minimum atomic E-state index is 0.158. The summed E-state index contributed by atoms with van der Waals surface area (Å²) in [6.45, 7) is 5.99. The fourth-order valence-electron chi connectivity index (χ4n) is 4.85. The van der Waals surface area contributed by atoms with Gasteiger partial charge in [0.25, 0.3) is 5.91 Å². The van der Waals surface area contributed by atoms with E-state index in [9.17, 15) is 4.79 Å². The van der Waals surface area contributed by atoms with E-state index < -0.39 is 0 Å². The first-order valence-electron chi connectivity index (χ1n) is 10.6. The van der Waals surface area contributed by atoms with Gasteiger partial charge in [-0.2, -0.15) is 5.10 Å². The topological polar surface area (TPSA) is 54.3 Å². The highest BCUT2D eigenvalue weighted by Crippen LogP contribution is 2.32. The molecule has 0 saturated carbocycles. The number of piperidine rings is 2. The van der Waals surface area contributed by atoms with Crippen LogP contribution in [0.2, 0.25) is 0 Å². The van der Waals surface area contributed by atoms with Crippen molar-refractivity contribution < 1.29 is 4.79 Å². The van der Waals surface area contributed by atoms with Gasteiger partial charge in [0.05, 0.1) is 11.4 Å². The summed E-state index contributed by atoms with van der Waals surface area (Å²) in [6, 6.07) is 8.46. The molecule has 2 fully saturated rings. The minimum absolute atomic E-state index is 0.158. The zero-order chi connectivity index (χ0) is 19.5. The second-order valence-electron chi connectivity index (χ2n) is 8.21. The molecule has 28 heavy (non-hydrogen) atoms. The van der Waals surface area contributed by atoms with Crippen molar-refractivity contribution in [3.63, 3.8) is 0 Å². The highest BCUT2D eigenvalue weighted by molar-refractivity contribution is 5.93. The standard InChI is InChI=1S/C22H31N5O/c1-3-7-18-14-21(25(2)24-18)22(28)27-12-6-8-17-15-26(13-10-20(17)27)16-19-9-4-5-11-23-19/h4-5,9,11,14,17,20H,3,6-8,10,12-13,15-16H2,1-2H3/t17-,20+/m1/s1. The van der Waals surface area contributed by atoms with Crippen LogP contribution in [0, 0.1) is 5.92 Å². The number of likely N-dealkylation sites (tertiary alicyclic amines) is 2. The second-order valence-corrected chi connectivity index (χ2v) is 8.21. The van der Waals surface area contributed by atoms with E-state index in [0.29, 0.717) is 12.0 Å². The van der Waals surface area contributed by atoms with E-state index in [0.717, 1.165) is 68.9 Å². The molecule has 0 unspecified atom stereocenters. The lowest BCUT2D eigenvalue weighted by Gasteiger charge is -2.47. The molecule has 4 heterocycles. The Kier molecular flexibility index (Phi) is 5.76. The van der Waals surface area contributed by atoms with Crippen LogP contribution >= 0.6 is 0 Å². The van der Waals surface area contributed by atoms with Crippen LogP contribution in [-0.4, -0.2) is 56.1 Å². The van der Waals surface area contributed by atoms with Crippen LogP contribution in [0.4, 0.5) is 0 Å². The number of aryl methyl sites for hydroxylation is 2. The van der Waals surface area contributed by atoms with Crippen molar-refractivity contribution in [2.24, 2.45) is 13.0 Å². The number of carbonyl (C=O) groups is 1. The Morgan fingerprint density at radius 3 is 2.89 bits per heavy atom. The summed E-state index contributed by atoms with van der Waals surface area (Å²) >= 11 is 0. The van der Waals surface area contributed by atoms with Gasteiger partial charge in [-0.05, 0) is 49.8 Å². The van der Waals surface area contributed by atoms with Gasteiger partial charge in [-0.1, -0.05) is 19.4 Å². The van der Waals surface area contributed by atoms with Crippen LogP contribution in [0.15, 0.2) is 30.5 Å². The fraction of sp³-hybridized carbons (Fsp3) is 0.591. The molecule has 6 heteroatoms. The SMILES string of the molecule is CCCc1cc(C(=O)N2CCC[C@@H]3CN(Cc4ccccn4)CC[C@@H]32)n(C)n1. The minimum Gasteiger partial charge on any atom is -0.334 e. The summed E-state index contributed by atoms with van der Waals surface area (Å²) in [5.41, 5.74) is 2.88. The molecule has 0 aliphatic carbocycles. The number of fused-ring (bicyclic) bond motifs is 1. The molecule has 0 radical (unpaired) electrons. The Morgan fingerprint density at radius 2 is 2.11 bits per heavy atom. The average Bonchev–Trinajstić information content (AvgIpc) is 3.08. The van der Waals surface area contributed by atoms with Gasteiger partial charge in [-0.3, -0.25) is 19.4 Å². The molecule has 0 N–H and O–H groups in total. The zero-order valence-electron chi connectivity index (χ0n) is 17.0. The predicted octanol–water partition coefficient (Wildman–Crippen LogP) is 2.89. The van der Waals surface area contributed by atoms with Crippen molar-refractivity contribution >= 4 is 5.91 Å². The van der Waals surface area contributed by atoms with E-state index in [1.165, 1.54) is 6.42 Å². The molecule has 0 bridgehead atoms. The Hall–Kier alpha value is -2.21. The smallest absolute Gasteiger partial charge is 0.272 e. The Labute approximate surface area is 167 Å². The zero-order valence-corrected chi connectivity index (χ0v) is 17.0. The maximum atomic E-state index is 13.3. The third-order valence-corrected chi connectivity index (χ3v) is 6.18. The molecule has 2 aliphatic rings. The third kappa shape index (κ3) is 3.97. The van der Waals surface area contributed by atoms with Gasteiger partial charge in [0.15, 0.2) is 0 Å². The number of nitrogens with zero attached hydrogens (tertiary/aromatic N) is 5. The number of amides is 1. The Balaban J connectivity index is 1.44. The van der Waals surface area contributed by atoms with Gasteiger partial charge < -0.3 is 4.90 Å². The molecular weight excluding hydrogens is 350 g/mol. The lowest BCUT2D eigenvalue weighted by Crippen LogP contribution is -2.55. The van der Waals surface area contributed by atoms with Crippen molar-refractivity contribution in [1.29, 1.82) is 0 Å². The Bertz CT molecular complexity index is 803. The van der Waals surface area contributed by atoms with Crippen LogP contribution in [0.1, 0.15) is 54.5 Å². The predicted molar refractivity (Wildman–Crippen MR) is 109 cm³/mol. The molecule has 150 valence electrons. The maximum Gasteiger partial charge on any atom is 0.272 e. The van der Waals surface area contributed by atoms with Crippen LogP contribution in [0.3, 0.4) is 0 Å². The van der Waals surface area contributed by atoms with E-state index in [1.54, 1.807) is 4.68 Å². The highest BCUT2D eigenvalue weighted by atomic mass is 16.2. The quantitative estimate of drug-likeness (QED) is 0.799. The lowest BCUT2D eigenvalue weighted by molar-refractivity contribution is 0.0174. The van der Waals surface area contributed by atoms with Crippen LogP contribution in [0.5, 0.6) is 0 Å². The van der Waals surface area contributed by atoms with E-state index in [-0.39, 0.29) is 5.91 Å². The molecule has 6 nitrogen and oxygen atoms in total. The van der Waals surface area contributed by atoms with Crippen molar-refractivity contribution in [1.82, 2.24) is 24.6 Å². The molecule has 0 spiro atoms. The molecule has 2 aromatic rings. The first-order chi connectivity index (χ1) is 13.7. The summed E-state index contributed by atoms with van der Waals surface area (Å²) in [6.07, 6.45) is 7.18. The van der Waals surface area contributed by atoms with Gasteiger partial charge in [0.1, 0.15) is 5.69 Å². The second kappa shape index (κ2) is 8.43. The molecule has 2 saturated heterocycles. The lowest BCUT2D eigenvalue weighted by atomic mass is 9.83. The Morgan fingerprint density at radius 1 is 1.21 bits per heavy atom. The summed E-state index contributed by atoms with van der Waals surface area (Å²) in [4.78, 5) is 22.4. The van der Waals surface area contributed by atoms with Gasteiger partial charge in [0.2, 0.25) is 0 Å². The van der Waals surface area contributed by atoms with Gasteiger partial charge in [-0.15, -0.1) is 0 Å². The van der Waals surface area contributed by atoms with Crippen LogP contribution in [0.25, 0.3) is 0 Å². The average molecular weight is 382 g/mol. The first-order valence-corrected chi connectivity index (χ1v) is 10.6. The molecular formula is C22H31N5O. The molecule has 2 atom stereocenters. The van der Waals surface area contributed by atoms with Crippen molar-refractivity contribution in [3.05, 3.63) is 47.5 Å². The van der Waals surface area contributed by atoms with Gasteiger partial charge >= 0.3 is 0 Å². The van der Waals surface area contributed by atoms with Crippen molar-refractivity contribution in [2.45, 2.75) is 51.6 Å². The van der Waals surface area contributed by atoms with E-state index >= 15 is 0 Å². The normalized spacial score (nSPS) is 22.9.